The van der Waals surface area contributed by atoms with Gasteiger partial charge in [-0.2, -0.15) is 0 Å². The molecule has 0 radical (unpaired) electrons. The molecule has 152 valence electrons. The van der Waals surface area contributed by atoms with Crippen LogP contribution in [0.4, 0.5) is 4.79 Å². The van der Waals surface area contributed by atoms with Crippen molar-refractivity contribution in [3.05, 3.63) is 23.7 Å². The van der Waals surface area contributed by atoms with Crippen LogP contribution in [0.25, 0.3) is 0 Å². The summed E-state index contributed by atoms with van der Waals surface area (Å²) in [5.41, 5.74) is -0.458. The number of rotatable bonds is 6. The fraction of sp³-hybridized carbons (Fsp3) is 0.762. The first-order valence-corrected chi connectivity index (χ1v) is 10.1. The van der Waals surface area contributed by atoms with Crippen molar-refractivity contribution in [1.29, 1.82) is 0 Å². The molecule has 1 amide bonds. The lowest BCUT2D eigenvalue weighted by Gasteiger charge is -2.39. The van der Waals surface area contributed by atoms with Crippen LogP contribution in [-0.4, -0.2) is 55.1 Å². The van der Waals surface area contributed by atoms with Gasteiger partial charge in [0.1, 0.15) is 29.8 Å². The molecule has 6 heteroatoms. The smallest absolute Gasteiger partial charge is 0.410 e. The Morgan fingerprint density at radius 3 is 2.52 bits per heavy atom. The predicted molar refractivity (Wildman–Crippen MR) is 102 cm³/mol. The number of nitrogens with zero attached hydrogens (tertiary/aromatic N) is 1. The maximum absolute atomic E-state index is 12.6. The number of carbonyl (C=O) groups excluding carboxylic acids is 1. The van der Waals surface area contributed by atoms with Crippen molar-refractivity contribution >= 4 is 6.09 Å². The molecule has 2 saturated heterocycles. The molecule has 0 aromatic carbocycles. The summed E-state index contributed by atoms with van der Waals surface area (Å²) >= 11 is 0. The maximum atomic E-state index is 12.6. The van der Waals surface area contributed by atoms with Gasteiger partial charge in [-0.15, -0.1) is 0 Å². The van der Waals surface area contributed by atoms with Crippen LogP contribution in [0.5, 0.6) is 0 Å². The summed E-state index contributed by atoms with van der Waals surface area (Å²) in [7, 11) is 1.67. The van der Waals surface area contributed by atoms with Gasteiger partial charge in [-0.25, -0.2) is 4.79 Å². The van der Waals surface area contributed by atoms with Gasteiger partial charge in [0, 0.05) is 44.5 Å². The zero-order valence-electron chi connectivity index (χ0n) is 17.0. The normalized spacial score (nSPS) is 27.7. The second-order valence-electron chi connectivity index (χ2n) is 8.58. The number of piperidine rings is 1. The lowest BCUT2D eigenvalue weighted by molar-refractivity contribution is -0.0172. The minimum Gasteiger partial charge on any atom is -0.495 e. The van der Waals surface area contributed by atoms with Crippen LogP contribution < -0.4 is 0 Å². The van der Waals surface area contributed by atoms with Gasteiger partial charge in [0.05, 0.1) is 6.61 Å². The zero-order chi connectivity index (χ0) is 19.4. The predicted octanol–water partition coefficient (Wildman–Crippen LogP) is 4.16. The second-order valence-corrected chi connectivity index (χ2v) is 8.58. The quantitative estimate of drug-likeness (QED) is 0.649. The largest absolute Gasteiger partial charge is 0.495 e. The molecule has 0 aromatic heterocycles. The van der Waals surface area contributed by atoms with E-state index in [1.54, 1.807) is 7.11 Å². The number of allylic oxidation sites excluding steroid dienone is 3. The number of ether oxygens (including phenoxy) is 4. The van der Waals surface area contributed by atoms with Crippen molar-refractivity contribution in [1.82, 2.24) is 4.90 Å². The molecule has 2 aliphatic heterocycles. The third-order valence-electron chi connectivity index (χ3n) is 5.21. The standard InChI is InChI=1S/C21H33NO5/c1-21(2,3)27-20(23)22-15-8-9-16(22)13-19(12-15)26-18-7-5-6-17(14-18)25-11-10-24-4/h7,14-16,19H,5-6,8-13H2,1-4H3. The van der Waals surface area contributed by atoms with E-state index in [4.69, 9.17) is 18.9 Å². The summed E-state index contributed by atoms with van der Waals surface area (Å²) in [5, 5.41) is 0. The number of hydrogen-bond acceptors (Lipinski definition) is 5. The Balaban J connectivity index is 1.54. The molecule has 27 heavy (non-hydrogen) atoms. The van der Waals surface area contributed by atoms with Crippen molar-refractivity contribution in [3.8, 4) is 0 Å². The van der Waals surface area contributed by atoms with Gasteiger partial charge >= 0.3 is 6.09 Å². The van der Waals surface area contributed by atoms with E-state index in [1.807, 2.05) is 31.7 Å². The SMILES string of the molecule is COCCOC1=CC(OC2CC3CCC(C2)N3C(=O)OC(C)(C)C)=CCC1. The average molecular weight is 379 g/mol. The highest BCUT2D eigenvalue weighted by atomic mass is 16.6. The van der Waals surface area contributed by atoms with Gasteiger partial charge in [-0.05, 0) is 46.1 Å². The maximum Gasteiger partial charge on any atom is 0.410 e. The first-order chi connectivity index (χ1) is 12.9. The van der Waals surface area contributed by atoms with Gasteiger partial charge in [-0.3, -0.25) is 0 Å². The molecule has 0 saturated carbocycles. The van der Waals surface area contributed by atoms with E-state index in [2.05, 4.69) is 6.08 Å². The Morgan fingerprint density at radius 1 is 1.19 bits per heavy atom. The van der Waals surface area contributed by atoms with E-state index in [9.17, 15) is 4.79 Å². The van der Waals surface area contributed by atoms with Crippen LogP contribution in [0.15, 0.2) is 23.7 Å². The Kier molecular flexibility index (Phi) is 6.35. The Bertz CT molecular complexity index is 578. The van der Waals surface area contributed by atoms with E-state index in [1.165, 1.54) is 0 Å². The summed E-state index contributed by atoms with van der Waals surface area (Å²) in [5.74, 6) is 1.85. The molecule has 3 rings (SSSR count). The Labute approximate surface area is 162 Å². The van der Waals surface area contributed by atoms with Crippen LogP contribution >= 0.6 is 0 Å². The van der Waals surface area contributed by atoms with Crippen molar-refractivity contribution in [2.45, 2.75) is 83.1 Å². The van der Waals surface area contributed by atoms with E-state index in [0.717, 1.165) is 50.0 Å². The summed E-state index contributed by atoms with van der Waals surface area (Å²) in [6.07, 6.45) is 9.71. The first kappa shape index (κ1) is 20.1. The average Bonchev–Trinajstić information content (AvgIpc) is 2.85. The van der Waals surface area contributed by atoms with Crippen LogP contribution in [-0.2, 0) is 18.9 Å². The van der Waals surface area contributed by atoms with Crippen molar-refractivity contribution in [3.63, 3.8) is 0 Å². The summed E-state index contributed by atoms with van der Waals surface area (Å²) in [4.78, 5) is 14.5. The molecule has 0 N–H and O–H groups in total. The number of methoxy groups -OCH3 is 1. The third kappa shape index (κ3) is 5.41. The van der Waals surface area contributed by atoms with Crippen LogP contribution in [0.1, 0.15) is 59.3 Å². The summed E-state index contributed by atoms with van der Waals surface area (Å²) < 4.78 is 22.6. The summed E-state index contributed by atoms with van der Waals surface area (Å²) in [6, 6.07) is 0.434. The lowest BCUT2D eigenvalue weighted by atomic mass is 10.00. The van der Waals surface area contributed by atoms with Gasteiger partial charge < -0.3 is 23.8 Å². The molecule has 2 heterocycles. The molecule has 0 spiro atoms. The lowest BCUT2D eigenvalue weighted by Crippen LogP contribution is -2.50. The highest BCUT2D eigenvalue weighted by Crippen LogP contribution is 2.39. The van der Waals surface area contributed by atoms with Crippen molar-refractivity contribution in [2.24, 2.45) is 0 Å². The molecule has 2 atom stereocenters. The second kappa shape index (κ2) is 8.55. The van der Waals surface area contributed by atoms with Crippen LogP contribution in [0.2, 0.25) is 0 Å². The number of amides is 1. The minimum atomic E-state index is -0.458. The van der Waals surface area contributed by atoms with Crippen molar-refractivity contribution < 1.29 is 23.7 Å². The van der Waals surface area contributed by atoms with E-state index in [0.29, 0.717) is 13.2 Å². The fourth-order valence-corrected chi connectivity index (χ4v) is 4.13. The molecule has 2 fully saturated rings. The molecule has 2 unspecified atom stereocenters. The molecule has 6 nitrogen and oxygen atoms in total. The summed E-state index contributed by atoms with van der Waals surface area (Å²) in [6.45, 7) is 6.89. The molecular weight excluding hydrogens is 346 g/mol. The topological polar surface area (TPSA) is 57.2 Å². The Morgan fingerprint density at radius 2 is 1.89 bits per heavy atom. The molecule has 3 aliphatic rings. The highest BCUT2D eigenvalue weighted by molar-refractivity contribution is 5.69. The zero-order valence-corrected chi connectivity index (χ0v) is 17.0. The molecule has 0 aromatic rings. The van der Waals surface area contributed by atoms with Crippen LogP contribution in [0, 0.1) is 0 Å². The van der Waals surface area contributed by atoms with Crippen LogP contribution in [0.3, 0.4) is 0 Å². The monoisotopic (exact) mass is 379 g/mol. The first-order valence-electron chi connectivity index (χ1n) is 10.1. The molecular formula is C21H33NO5. The van der Waals surface area contributed by atoms with Gasteiger partial charge in [0.2, 0.25) is 0 Å². The fourth-order valence-electron chi connectivity index (χ4n) is 4.13. The Hall–Kier alpha value is -1.69. The van der Waals surface area contributed by atoms with Gasteiger partial charge in [0.25, 0.3) is 0 Å². The van der Waals surface area contributed by atoms with E-state index >= 15 is 0 Å². The third-order valence-corrected chi connectivity index (χ3v) is 5.21. The van der Waals surface area contributed by atoms with E-state index < -0.39 is 5.60 Å². The molecule has 1 aliphatic carbocycles. The number of fused-ring (bicyclic) bond motifs is 2. The van der Waals surface area contributed by atoms with Gasteiger partial charge in [0.15, 0.2) is 0 Å². The van der Waals surface area contributed by atoms with Gasteiger partial charge in [-0.1, -0.05) is 0 Å². The highest BCUT2D eigenvalue weighted by Gasteiger charge is 2.45. The number of carbonyl (C=O) groups is 1. The minimum absolute atomic E-state index is 0.141. The van der Waals surface area contributed by atoms with E-state index in [-0.39, 0.29) is 24.3 Å². The molecule has 2 bridgehead atoms. The van der Waals surface area contributed by atoms with Crippen molar-refractivity contribution in [2.75, 3.05) is 20.3 Å². The number of hydrogen-bond donors (Lipinski definition) is 0.